The third-order valence-corrected chi connectivity index (χ3v) is 6.80. The van der Waals surface area contributed by atoms with E-state index in [-0.39, 0.29) is 6.03 Å². The zero-order valence-electron chi connectivity index (χ0n) is 17.8. The van der Waals surface area contributed by atoms with E-state index in [0.29, 0.717) is 0 Å². The number of hydrogen-bond acceptors (Lipinski definition) is 2. The van der Waals surface area contributed by atoms with Gasteiger partial charge in [-0.3, -0.25) is 0 Å². The first-order chi connectivity index (χ1) is 15.0. The molecule has 1 fully saturated rings. The SMILES string of the molecule is CN1CC=C(c2c[nH]c3cc(Cl)ccc23)CC1.CNC(=O)Nc1ccc2c(c1)C1CC21. The molecule has 2 aliphatic carbocycles. The van der Waals surface area contributed by atoms with Gasteiger partial charge in [-0.2, -0.15) is 0 Å². The summed E-state index contributed by atoms with van der Waals surface area (Å²) < 4.78 is 0. The average molecular weight is 435 g/mol. The van der Waals surface area contributed by atoms with Gasteiger partial charge in [-0.15, -0.1) is 0 Å². The zero-order chi connectivity index (χ0) is 21.5. The molecule has 1 saturated carbocycles. The maximum Gasteiger partial charge on any atom is 0.318 e. The van der Waals surface area contributed by atoms with E-state index in [1.165, 1.54) is 34.1 Å². The molecule has 2 unspecified atom stereocenters. The van der Waals surface area contributed by atoms with Gasteiger partial charge in [0.1, 0.15) is 0 Å². The molecule has 0 spiro atoms. The normalized spacial score (nSPS) is 21.1. The smallest absolute Gasteiger partial charge is 0.318 e. The van der Waals surface area contributed by atoms with Crippen molar-refractivity contribution < 1.29 is 4.79 Å². The van der Waals surface area contributed by atoms with Crippen LogP contribution in [0.3, 0.4) is 0 Å². The molecule has 3 aromatic rings. The van der Waals surface area contributed by atoms with Gasteiger partial charge in [0.25, 0.3) is 0 Å². The number of H-pyrrole nitrogens is 1. The lowest BCUT2D eigenvalue weighted by Crippen LogP contribution is -2.24. The van der Waals surface area contributed by atoms with Gasteiger partial charge in [0, 0.05) is 53.5 Å². The highest BCUT2D eigenvalue weighted by atomic mass is 35.5. The van der Waals surface area contributed by atoms with Crippen LogP contribution in [0.4, 0.5) is 10.5 Å². The predicted octanol–water partition coefficient (Wildman–Crippen LogP) is 5.56. The monoisotopic (exact) mass is 434 g/mol. The minimum atomic E-state index is -0.156. The Morgan fingerprint density at radius 2 is 2.00 bits per heavy atom. The number of aromatic nitrogens is 1. The van der Waals surface area contributed by atoms with Gasteiger partial charge >= 0.3 is 6.03 Å². The van der Waals surface area contributed by atoms with Crippen LogP contribution in [-0.2, 0) is 0 Å². The highest BCUT2D eigenvalue weighted by molar-refractivity contribution is 6.31. The van der Waals surface area contributed by atoms with Crippen LogP contribution in [0.1, 0.15) is 41.4 Å². The quantitative estimate of drug-likeness (QED) is 0.494. The van der Waals surface area contributed by atoms with Crippen molar-refractivity contribution in [3.8, 4) is 0 Å². The van der Waals surface area contributed by atoms with E-state index < -0.39 is 0 Å². The second kappa shape index (κ2) is 8.06. The van der Waals surface area contributed by atoms with Crippen molar-refractivity contribution in [2.45, 2.75) is 24.7 Å². The largest absolute Gasteiger partial charge is 0.361 e. The van der Waals surface area contributed by atoms with Crippen LogP contribution < -0.4 is 10.6 Å². The summed E-state index contributed by atoms with van der Waals surface area (Å²) in [5.74, 6) is 1.65. The van der Waals surface area contributed by atoms with Crippen LogP contribution in [0.25, 0.3) is 16.5 Å². The number of halogens is 1. The Morgan fingerprint density at radius 1 is 1.16 bits per heavy atom. The summed E-state index contributed by atoms with van der Waals surface area (Å²) >= 11 is 5.99. The van der Waals surface area contributed by atoms with E-state index in [9.17, 15) is 4.79 Å². The molecule has 31 heavy (non-hydrogen) atoms. The topological polar surface area (TPSA) is 60.2 Å². The van der Waals surface area contributed by atoms with Gasteiger partial charge in [0.2, 0.25) is 0 Å². The number of urea groups is 1. The zero-order valence-corrected chi connectivity index (χ0v) is 18.6. The van der Waals surface area contributed by atoms with E-state index in [2.05, 4.69) is 58.0 Å². The summed E-state index contributed by atoms with van der Waals surface area (Å²) in [6.45, 7) is 2.17. The molecule has 2 heterocycles. The summed E-state index contributed by atoms with van der Waals surface area (Å²) in [5, 5.41) is 7.37. The number of benzene rings is 2. The first-order valence-electron chi connectivity index (χ1n) is 10.8. The lowest BCUT2D eigenvalue weighted by molar-refractivity contribution is 0.254. The number of hydrogen-bond donors (Lipinski definition) is 3. The van der Waals surface area contributed by atoms with Gasteiger partial charge in [-0.25, -0.2) is 4.79 Å². The fourth-order valence-electron chi connectivity index (χ4n) is 4.67. The second-order valence-electron chi connectivity index (χ2n) is 8.63. The van der Waals surface area contributed by atoms with Crippen molar-refractivity contribution >= 4 is 39.8 Å². The van der Waals surface area contributed by atoms with E-state index in [4.69, 9.17) is 11.6 Å². The van der Waals surface area contributed by atoms with E-state index in [1.54, 1.807) is 7.05 Å². The van der Waals surface area contributed by atoms with Crippen molar-refractivity contribution in [2.24, 2.45) is 0 Å². The van der Waals surface area contributed by atoms with Crippen molar-refractivity contribution in [1.29, 1.82) is 0 Å². The molecule has 160 valence electrons. The van der Waals surface area contributed by atoms with Gasteiger partial charge in [0.05, 0.1) is 0 Å². The molecule has 2 amide bonds. The van der Waals surface area contributed by atoms with Crippen molar-refractivity contribution in [1.82, 2.24) is 15.2 Å². The van der Waals surface area contributed by atoms with Crippen LogP contribution in [0.2, 0.25) is 5.02 Å². The first-order valence-corrected chi connectivity index (χ1v) is 11.2. The van der Waals surface area contributed by atoms with Crippen molar-refractivity contribution in [2.75, 3.05) is 32.5 Å². The number of fused-ring (bicyclic) bond motifs is 5. The molecule has 5 nitrogen and oxygen atoms in total. The number of rotatable bonds is 2. The Bertz CT molecular complexity index is 1180. The lowest BCUT2D eigenvalue weighted by atomic mass is 9.88. The highest BCUT2D eigenvalue weighted by Crippen LogP contribution is 2.66. The molecule has 3 N–H and O–H groups in total. The average Bonchev–Trinajstić information content (AvgIpc) is 3.35. The van der Waals surface area contributed by atoms with Crippen LogP contribution >= 0.6 is 11.6 Å². The van der Waals surface area contributed by atoms with Crippen molar-refractivity contribution in [3.63, 3.8) is 0 Å². The van der Waals surface area contributed by atoms with Crippen molar-refractivity contribution in [3.05, 3.63) is 70.4 Å². The van der Waals surface area contributed by atoms with E-state index >= 15 is 0 Å². The molecule has 6 heteroatoms. The minimum absolute atomic E-state index is 0.156. The Morgan fingerprint density at radius 3 is 2.77 bits per heavy atom. The van der Waals surface area contributed by atoms with E-state index in [1.807, 2.05) is 18.2 Å². The Balaban J connectivity index is 0.000000134. The summed E-state index contributed by atoms with van der Waals surface area (Å²) in [5.41, 5.74) is 7.70. The van der Waals surface area contributed by atoms with Gasteiger partial charge < -0.3 is 20.5 Å². The van der Waals surface area contributed by atoms with Crippen LogP contribution in [0, 0.1) is 0 Å². The molecule has 3 aliphatic rings. The number of nitrogens with zero attached hydrogens (tertiary/aromatic N) is 1. The summed E-state index contributed by atoms with van der Waals surface area (Å²) in [6.07, 6.45) is 6.85. The Kier molecular flexibility index (Phi) is 5.24. The predicted molar refractivity (Wildman–Crippen MR) is 128 cm³/mol. The third-order valence-electron chi connectivity index (χ3n) is 6.56. The molecule has 0 saturated heterocycles. The Hall–Kier alpha value is -2.76. The molecule has 2 atom stereocenters. The first kappa shape index (κ1) is 20.2. The standard InChI is InChI=1S/C14H15ClN2.C11H12N2O/c1-17-6-4-10(5-7-17)13-9-16-14-8-11(15)2-3-12(13)14;1-12-11(14)13-6-2-3-7-8(4-6)10-5-9(7)10/h2-4,8-9,16H,5-7H2,1H3;2-4,9-10H,5H2,1H3,(H2,12,13,14). The van der Waals surface area contributed by atoms with E-state index in [0.717, 1.165) is 47.6 Å². The molecule has 0 bridgehead atoms. The highest BCUT2D eigenvalue weighted by Gasteiger charge is 2.50. The number of anilines is 1. The minimum Gasteiger partial charge on any atom is -0.361 e. The van der Waals surface area contributed by atoms with Crippen LogP contribution in [0.15, 0.2) is 48.7 Å². The Labute approximate surface area is 187 Å². The molecule has 2 aromatic carbocycles. The summed E-state index contributed by atoms with van der Waals surface area (Å²) in [7, 11) is 3.77. The molecular formula is C25H27ClN4O. The van der Waals surface area contributed by atoms with Gasteiger partial charge in [-0.05, 0) is 72.7 Å². The third kappa shape index (κ3) is 3.95. The lowest BCUT2D eigenvalue weighted by Gasteiger charge is -2.21. The molecule has 0 radical (unpaired) electrons. The fourth-order valence-corrected chi connectivity index (χ4v) is 4.84. The number of likely N-dealkylation sites (N-methyl/N-ethyl adjacent to an activating group) is 1. The number of amides is 2. The number of nitrogens with one attached hydrogen (secondary N) is 3. The van der Waals surface area contributed by atoms with Crippen LogP contribution in [0.5, 0.6) is 0 Å². The second-order valence-corrected chi connectivity index (χ2v) is 9.07. The number of aromatic amines is 1. The summed E-state index contributed by atoms with van der Waals surface area (Å²) in [4.78, 5) is 16.7. The van der Waals surface area contributed by atoms with Gasteiger partial charge in [-0.1, -0.05) is 29.8 Å². The maximum absolute atomic E-state index is 11.1. The molecule has 6 rings (SSSR count). The molecule has 1 aliphatic heterocycles. The summed E-state index contributed by atoms with van der Waals surface area (Å²) in [6, 6.07) is 12.1. The maximum atomic E-state index is 11.1. The number of carbonyl (C=O) groups is 1. The number of carbonyl (C=O) groups excluding carboxylic acids is 1. The van der Waals surface area contributed by atoms with Crippen LogP contribution in [-0.4, -0.2) is 43.1 Å². The van der Waals surface area contributed by atoms with Gasteiger partial charge in [0.15, 0.2) is 0 Å². The molecule has 1 aromatic heterocycles. The molecular weight excluding hydrogens is 408 g/mol. The fraction of sp³-hybridized carbons (Fsp3) is 0.320.